The molecule has 0 spiro atoms. The molecule has 1 nitrogen and oxygen atoms in total. The molecular formula is C10H16O. The van der Waals surface area contributed by atoms with Crippen LogP contribution in [0.2, 0.25) is 0 Å². The van der Waals surface area contributed by atoms with Crippen molar-refractivity contribution in [3.05, 3.63) is 11.1 Å². The van der Waals surface area contributed by atoms with Gasteiger partial charge in [-0.2, -0.15) is 0 Å². The van der Waals surface area contributed by atoms with Crippen LogP contribution in [0.5, 0.6) is 0 Å². The maximum atomic E-state index is 11.4. The van der Waals surface area contributed by atoms with Crippen LogP contribution in [0.3, 0.4) is 0 Å². The highest BCUT2D eigenvalue weighted by molar-refractivity contribution is 5.96. The van der Waals surface area contributed by atoms with E-state index < -0.39 is 0 Å². The summed E-state index contributed by atoms with van der Waals surface area (Å²) in [6.07, 6.45) is 2.95. The predicted octanol–water partition coefficient (Wildman–Crippen LogP) is 2.71. The third-order valence-corrected chi connectivity index (χ3v) is 2.36. The highest BCUT2D eigenvalue weighted by Gasteiger charge is 2.20. The molecule has 1 aliphatic rings. The van der Waals surface area contributed by atoms with Crippen LogP contribution < -0.4 is 0 Å². The van der Waals surface area contributed by atoms with E-state index in [0.717, 1.165) is 18.4 Å². The lowest BCUT2D eigenvalue weighted by Crippen LogP contribution is -2.16. The van der Waals surface area contributed by atoms with Crippen molar-refractivity contribution in [1.29, 1.82) is 0 Å². The molecule has 1 saturated carbocycles. The molecule has 62 valence electrons. The molecular weight excluding hydrogens is 139 g/mol. The van der Waals surface area contributed by atoms with Crippen molar-refractivity contribution < 1.29 is 4.79 Å². The van der Waals surface area contributed by atoms with Gasteiger partial charge >= 0.3 is 0 Å². The fourth-order valence-electron chi connectivity index (χ4n) is 1.60. The molecule has 0 saturated heterocycles. The van der Waals surface area contributed by atoms with Gasteiger partial charge in [0.1, 0.15) is 0 Å². The Labute approximate surface area is 68.5 Å². The highest BCUT2D eigenvalue weighted by atomic mass is 16.1. The number of carbonyl (C=O) groups is 1. The Morgan fingerprint density at radius 2 is 2.09 bits per heavy atom. The fraction of sp³-hybridized carbons (Fsp3) is 0.700. The standard InChI is InChI=1S/C10H16O/c1-7(2)9-5-4-8(3)6-10(9)11/h8H,4-6H2,1-3H3/t8-/m1/s1/i1+1,2+1,7+1. The van der Waals surface area contributed by atoms with Gasteiger partial charge in [0.2, 0.25) is 0 Å². The van der Waals surface area contributed by atoms with Gasteiger partial charge in [-0.1, -0.05) is 12.5 Å². The highest BCUT2D eigenvalue weighted by Crippen LogP contribution is 2.26. The minimum atomic E-state index is 0.378. The van der Waals surface area contributed by atoms with Crippen LogP contribution in [0.15, 0.2) is 11.1 Å². The monoisotopic (exact) mass is 155 g/mol. The Hall–Kier alpha value is -0.590. The van der Waals surface area contributed by atoms with Crippen molar-refractivity contribution in [3.8, 4) is 0 Å². The van der Waals surface area contributed by atoms with E-state index in [4.69, 9.17) is 0 Å². The molecule has 0 aromatic rings. The summed E-state index contributed by atoms with van der Waals surface area (Å²) in [5.74, 6) is 0.981. The zero-order valence-corrected chi connectivity index (χ0v) is 7.61. The maximum Gasteiger partial charge on any atom is 0.159 e. The summed E-state index contributed by atoms with van der Waals surface area (Å²) in [6.45, 7) is 6.21. The Kier molecular flexibility index (Phi) is 2.48. The molecule has 0 aromatic carbocycles. The minimum absolute atomic E-state index is 0.378. The molecule has 0 amide bonds. The van der Waals surface area contributed by atoms with Crippen LogP contribution in [0.4, 0.5) is 0 Å². The summed E-state index contributed by atoms with van der Waals surface area (Å²) in [6, 6.07) is 0. The average Bonchev–Trinajstić information content (AvgIpc) is 1.85. The van der Waals surface area contributed by atoms with Crippen LogP contribution in [0.1, 0.15) is 40.0 Å². The first-order chi connectivity index (χ1) is 5.11. The molecule has 1 aliphatic carbocycles. The van der Waals surface area contributed by atoms with E-state index in [0.29, 0.717) is 11.7 Å². The van der Waals surface area contributed by atoms with Gasteiger partial charge < -0.3 is 0 Å². The second kappa shape index (κ2) is 3.21. The number of rotatable bonds is 0. The van der Waals surface area contributed by atoms with Crippen LogP contribution >= 0.6 is 0 Å². The van der Waals surface area contributed by atoms with E-state index >= 15 is 0 Å². The zero-order chi connectivity index (χ0) is 8.43. The Bertz CT molecular complexity index is 197. The van der Waals surface area contributed by atoms with Gasteiger partial charge in [-0.25, -0.2) is 0 Å². The number of allylic oxidation sites excluding steroid dienone is 2. The Balaban J connectivity index is 2.74. The van der Waals surface area contributed by atoms with Crippen molar-refractivity contribution >= 4 is 5.78 Å². The molecule has 0 bridgehead atoms. The third kappa shape index (κ3) is 1.92. The van der Waals surface area contributed by atoms with Gasteiger partial charge in [-0.3, -0.25) is 4.79 Å². The van der Waals surface area contributed by atoms with E-state index in [1.54, 1.807) is 0 Å². The number of hydrogen-bond acceptors (Lipinski definition) is 1. The summed E-state index contributed by atoms with van der Waals surface area (Å²) in [7, 11) is 0. The first-order valence-corrected chi connectivity index (χ1v) is 4.31. The number of Topliss-reactive ketones (excluding diaryl/α,β-unsaturated/α-hetero) is 1. The topological polar surface area (TPSA) is 17.1 Å². The van der Waals surface area contributed by atoms with E-state index in [1.807, 2.05) is 13.8 Å². The van der Waals surface area contributed by atoms with Crippen LogP contribution in [-0.2, 0) is 4.79 Å². The average molecular weight is 155 g/mol. The van der Waals surface area contributed by atoms with Crippen molar-refractivity contribution in [1.82, 2.24) is 0 Å². The van der Waals surface area contributed by atoms with Crippen molar-refractivity contribution in [2.75, 3.05) is 0 Å². The molecule has 0 unspecified atom stereocenters. The quantitative estimate of drug-likeness (QED) is 0.388. The van der Waals surface area contributed by atoms with Crippen molar-refractivity contribution in [2.45, 2.75) is 40.0 Å². The molecule has 0 heterocycles. The van der Waals surface area contributed by atoms with Gasteiger partial charge in [-0.15, -0.1) is 0 Å². The summed E-state index contributed by atoms with van der Waals surface area (Å²) in [4.78, 5) is 11.4. The predicted molar refractivity (Wildman–Crippen MR) is 46.4 cm³/mol. The molecule has 0 aromatic heterocycles. The summed E-state index contributed by atoms with van der Waals surface area (Å²) < 4.78 is 0. The van der Waals surface area contributed by atoms with E-state index in [9.17, 15) is 4.79 Å². The van der Waals surface area contributed by atoms with E-state index in [1.165, 1.54) is 12.0 Å². The lowest BCUT2D eigenvalue weighted by atomic mass is 9.87. The van der Waals surface area contributed by atoms with E-state index in [-0.39, 0.29) is 0 Å². The van der Waals surface area contributed by atoms with Crippen LogP contribution in [0.25, 0.3) is 0 Å². The van der Waals surface area contributed by atoms with Crippen molar-refractivity contribution in [2.24, 2.45) is 5.92 Å². The molecule has 0 N–H and O–H groups in total. The Morgan fingerprint density at radius 3 is 2.55 bits per heavy atom. The van der Waals surface area contributed by atoms with Gasteiger partial charge in [0, 0.05) is 6.42 Å². The second-order valence-electron chi connectivity index (χ2n) is 3.75. The lowest BCUT2D eigenvalue weighted by Gasteiger charge is -2.19. The van der Waals surface area contributed by atoms with Gasteiger partial charge in [-0.05, 0) is 38.2 Å². The number of hydrogen-bond donors (Lipinski definition) is 0. The van der Waals surface area contributed by atoms with Gasteiger partial charge in [0.25, 0.3) is 0 Å². The first kappa shape index (κ1) is 8.51. The van der Waals surface area contributed by atoms with Gasteiger partial charge in [0.15, 0.2) is 5.78 Å². The second-order valence-corrected chi connectivity index (χ2v) is 3.75. The molecule has 1 fully saturated rings. The maximum absolute atomic E-state index is 11.4. The molecule has 0 radical (unpaired) electrons. The van der Waals surface area contributed by atoms with Crippen LogP contribution in [0, 0.1) is 5.92 Å². The molecule has 1 rings (SSSR count). The van der Waals surface area contributed by atoms with Crippen LogP contribution in [-0.4, -0.2) is 5.78 Å². The third-order valence-electron chi connectivity index (χ3n) is 2.36. The lowest BCUT2D eigenvalue weighted by molar-refractivity contribution is -0.117. The summed E-state index contributed by atoms with van der Waals surface area (Å²) in [5.41, 5.74) is 2.30. The fourth-order valence-corrected chi connectivity index (χ4v) is 1.60. The zero-order valence-electron chi connectivity index (χ0n) is 7.61. The number of ketones is 1. The smallest absolute Gasteiger partial charge is 0.159 e. The molecule has 0 aliphatic heterocycles. The van der Waals surface area contributed by atoms with Gasteiger partial charge in [0.05, 0.1) is 0 Å². The molecule has 1 atom stereocenters. The molecule has 1 heteroatoms. The summed E-state index contributed by atoms with van der Waals surface area (Å²) in [5, 5.41) is 0. The number of carbonyl (C=O) groups excluding carboxylic acids is 1. The summed E-state index contributed by atoms with van der Waals surface area (Å²) >= 11 is 0. The van der Waals surface area contributed by atoms with Crippen molar-refractivity contribution in [3.63, 3.8) is 0 Å². The SMILES string of the molecule is C[C@@H]1CCC(=[13C]([13CH3])[13CH3])C(=O)C1. The largest absolute Gasteiger partial charge is 0.295 e. The minimum Gasteiger partial charge on any atom is -0.295 e. The normalized spacial score (nSPS) is 25.5. The van der Waals surface area contributed by atoms with E-state index in [2.05, 4.69) is 6.92 Å². The first-order valence-electron chi connectivity index (χ1n) is 4.31. The molecule has 11 heavy (non-hydrogen) atoms. The Morgan fingerprint density at radius 1 is 1.45 bits per heavy atom.